The normalized spacial score (nSPS) is 12.4. The number of nitrogens with two attached hydrogens (primary N) is 2. The Bertz CT molecular complexity index is 1210. The number of anilines is 1. The molecule has 182 valence electrons. The van der Waals surface area contributed by atoms with E-state index in [-0.39, 0.29) is 47.5 Å². The van der Waals surface area contributed by atoms with Gasteiger partial charge in [-0.1, -0.05) is 29.4 Å². The van der Waals surface area contributed by atoms with Crippen LogP contribution in [0.5, 0.6) is 0 Å². The van der Waals surface area contributed by atoms with Gasteiger partial charge in [0.2, 0.25) is 0 Å². The van der Waals surface area contributed by atoms with E-state index in [1.165, 1.54) is 4.68 Å². The van der Waals surface area contributed by atoms with Crippen molar-refractivity contribution in [2.75, 3.05) is 5.73 Å². The van der Waals surface area contributed by atoms with Gasteiger partial charge in [0, 0.05) is 24.1 Å². The second-order valence-electron chi connectivity index (χ2n) is 8.91. The molecule has 0 radical (unpaired) electrons. The monoisotopic (exact) mass is 477 g/mol. The highest BCUT2D eigenvalue weighted by atomic mass is 19.4. The SMILES string of the molecule is CC(C)n1nc(-c2ccc(CC(=O)Cc3cc(C(C)(C)C(F)(F)F)on3)cc2)c(C(N)=O)c1N. The molecule has 0 spiro atoms. The zero-order valence-corrected chi connectivity index (χ0v) is 19.2. The molecule has 8 nitrogen and oxygen atoms in total. The van der Waals surface area contributed by atoms with Crippen molar-refractivity contribution in [1.29, 1.82) is 0 Å². The van der Waals surface area contributed by atoms with Crippen molar-refractivity contribution < 1.29 is 27.3 Å². The summed E-state index contributed by atoms with van der Waals surface area (Å²) < 4.78 is 45.9. The zero-order valence-electron chi connectivity index (χ0n) is 19.2. The molecular formula is C23H26F3N5O3. The molecular weight excluding hydrogens is 451 g/mol. The van der Waals surface area contributed by atoms with Crippen molar-refractivity contribution in [2.45, 2.75) is 58.2 Å². The Kier molecular flexibility index (Phi) is 6.59. The van der Waals surface area contributed by atoms with E-state index in [0.29, 0.717) is 16.8 Å². The molecule has 0 bridgehead atoms. The molecule has 0 aliphatic rings. The first-order chi connectivity index (χ1) is 15.7. The van der Waals surface area contributed by atoms with Gasteiger partial charge in [0.15, 0.2) is 5.76 Å². The smallest absolute Gasteiger partial charge is 0.383 e. The van der Waals surface area contributed by atoms with E-state index in [2.05, 4.69) is 10.3 Å². The highest BCUT2D eigenvalue weighted by Gasteiger charge is 2.51. The third-order valence-electron chi connectivity index (χ3n) is 5.57. The Morgan fingerprint density at radius 2 is 1.74 bits per heavy atom. The third-order valence-corrected chi connectivity index (χ3v) is 5.57. The number of carbonyl (C=O) groups is 2. The second-order valence-corrected chi connectivity index (χ2v) is 8.91. The van der Waals surface area contributed by atoms with Crippen LogP contribution in [0, 0.1) is 0 Å². The number of hydrogen-bond donors (Lipinski definition) is 2. The fourth-order valence-corrected chi connectivity index (χ4v) is 3.39. The Labute approximate surface area is 194 Å². The number of hydrogen-bond acceptors (Lipinski definition) is 6. The van der Waals surface area contributed by atoms with E-state index in [0.717, 1.165) is 19.9 Å². The van der Waals surface area contributed by atoms with Gasteiger partial charge >= 0.3 is 6.18 Å². The molecule has 2 aromatic heterocycles. The van der Waals surface area contributed by atoms with Crippen LogP contribution in [0.25, 0.3) is 11.3 Å². The van der Waals surface area contributed by atoms with Crippen molar-refractivity contribution in [3.63, 3.8) is 0 Å². The lowest BCUT2D eigenvalue weighted by Gasteiger charge is -2.24. The van der Waals surface area contributed by atoms with Gasteiger partial charge in [-0.15, -0.1) is 0 Å². The average Bonchev–Trinajstić information content (AvgIpc) is 3.32. The van der Waals surface area contributed by atoms with Gasteiger partial charge in [-0.3, -0.25) is 9.59 Å². The van der Waals surface area contributed by atoms with Gasteiger partial charge < -0.3 is 16.0 Å². The fraction of sp³-hybridized carbons (Fsp3) is 0.391. The number of ketones is 1. The van der Waals surface area contributed by atoms with Crippen molar-refractivity contribution in [2.24, 2.45) is 5.73 Å². The molecule has 0 fully saturated rings. The standard InChI is InChI=1S/C23H26F3N5O3/c1-12(2)31-20(27)18(21(28)33)19(29-31)14-7-5-13(6-8-14)9-16(32)10-15-11-17(34-30-15)22(3,4)23(24,25)26/h5-8,11-12H,9-10,27H2,1-4H3,(H2,28,33). The van der Waals surface area contributed by atoms with E-state index in [9.17, 15) is 22.8 Å². The Morgan fingerprint density at radius 1 is 1.12 bits per heavy atom. The average molecular weight is 477 g/mol. The minimum absolute atomic E-state index is 0.0381. The lowest BCUT2D eigenvalue weighted by Crippen LogP contribution is -2.35. The number of halogens is 3. The summed E-state index contributed by atoms with van der Waals surface area (Å²) in [6.45, 7) is 5.72. The molecule has 0 aliphatic carbocycles. The van der Waals surface area contributed by atoms with Crippen molar-refractivity contribution in [3.8, 4) is 11.3 Å². The van der Waals surface area contributed by atoms with Crippen LogP contribution in [0.2, 0.25) is 0 Å². The van der Waals surface area contributed by atoms with Crippen LogP contribution >= 0.6 is 0 Å². The molecule has 2 heterocycles. The third kappa shape index (κ3) is 4.82. The van der Waals surface area contributed by atoms with Crippen molar-refractivity contribution in [1.82, 2.24) is 14.9 Å². The molecule has 3 rings (SSSR count). The number of aromatic nitrogens is 3. The molecule has 0 atom stereocenters. The van der Waals surface area contributed by atoms with Crippen LogP contribution in [-0.4, -0.2) is 32.8 Å². The van der Waals surface area contributed by atoms with Gasteiger partial charge in [-0.25, -0.2) is 4.68 Å². The number of carbonyl (C=O) groups excluding carboxylic acids is 2. The highest BCUT2D eigenvalue weighted by Crippen LogP contribution is 2.40. The molecule has 3 aromatic rings. The van der Waals surface area contributed by atoms with Crippen LogP contribution in [0.3, 0.4) is 0 Å². The summed E-state index contributed by atoms with van der Waals surface area (Å²) in [4.78, 5) is 24.4. The van der Waals surface area contributed by atoms with Gasteiger partial charge in [-0.05, 0) is 33.3 Å². The van der Waals surface area contributed by atoms with Crippen LogP contribution in [0.4, 0.5) is 19.0 Å². The first-order valence-corrected chi connectivity index (χ1v) is 10.5. The predicted molar refractivity (Wildman–Crippen MR) is 119 cm³/mol. The van der Waals surface area contributed by atoms with Crippen LogP contribution in [0.1, 0.15) is 61.1 Å². The van der Waals surface area contributed by atoms with Crippen LogP contribution in [-0.2, 0) is 23.1 Å². The van der Waals surface area contributed by atoms with E-state index in [1.54, 1.807) is 24.3 Å². The topological polar surface area (TPSA) is 130 Å². The Morgan fingerprint density at radius 3 is 2.26 bits per heavy atom. The number of Topliss-reactive ketones (excluding diaryl/α,β-unsaturated/α-hetero) is 1. The molecule has 1 aromatic carbocycles. The molecule has 34 heavy (non-hydrogen) atoms. The number of nitrogens with zero attached hydrogens (tertiary/aromatic N) is 3. The number of benzene rings is 1. The number of alkyl halides is 3. The van der Waals surface area contributed by atoms with Crippen molar-refractivity contribution in [3.05, 3.63) is 52.9 Å². The van der Waals surface area contributed by atoms with Gasteiger partial charge in [0.25, 0.3) is 5.91 Å². The summed E-state index contributed by atoms with van der Waals surface area (Å²) in [5, 5.41) is 8.03. The second kappa shape index (κ2) is 8.96. The van der Waals surface area contributed by atoms with E-state index in [1.807, 2.05) is 13.8 Å². The largest absolute Gasteiger partial charge is 0.401 e. The lowest BCUT2D eigenvalue weighted by molar-refractivity contribution is -0.185. The van der Waals surface area contributed by atoms with E-state index in [4.69, 9.17) is 16.0 Å². The molecule has 0 saturated carbocycles. The first kappa shape index (κ1) is 25.0. The molecule has 0 aliphatic heterocycles. The number of amides is 1. The summed E-state index contributed by atoms with van der Waals surface area (Å²) >= 11 is 0. The maximum Gasteiger partial charge on any atom is 0.401 e. The van der Waals surface area contributed by atoms with Crippen LogP contribution in [0.15, 0.2) is 34.9 Å². The molecule has 0 unspecified atom stereocenters. The molecule has 11 heteroatoms. The Hall–Kier alpha value is -3.63. The van der Waals surface area contributed by atoms with E-state index >= 15 is 0 Å². The summed E-state index contributed by atoms with van der Waals surface area (Å²) in [7, 11) is 0. The first-order valence-electron chi connectivity index (χ1n) is 10.5. The summed E-state index contributed by atoms with van der Waals surface area (Å²) in [6.07, 6.45) is -4.64. The van der Waals surface area contributed by atoms with Gasteiger partial charge in [0.1, 0.15) is 28.3 Å². The number of primary amides is 1. The van der Waals surface area contributed by atoms with Gasteiger partial charge in [-0.2, -0.15) is 18.3 Å². The molecule has 4 N–H and O–H groups in total. The van der Waals surface area contributed by atoms with E-state index < -0.39 is 17.5 Å². The quantitative estimate of drug-likeness (QED) is 0.504. The minimum Gasteiger partial charge on any atom is -0.383 e. The Balaban J connectivity index is 1.74. The van der Waals surface area contributed by atoms with Gasteiger partial charge in [0.05, 0.1) is 12.1 Å². The summed E-state index contributed by atoms with van der Waals surface area (Å²) in [5.41, 5.74) is 11.2. The maximum absolute atomic E-state index is 13.2. The highest BCUT2D eigenvalue weighted by molar-refractivity contribution is 6.03. The number of nitrogen functional groups attached to an aromatic ring is 1. The lowest BCUT2D eigenvalue weighted by atomic mass is 9.89. The minimum atomic E-state index is -4.51. The fourth-order valence-electron chi connectivity index (χ4n) is 3.39. The van der Waals surface area contributed by atoms with Crippen molar-refractivity contribution >= 4 is 17.5 Å². The molecule has 0 saturated heterocycles. The van der Waals surface area contributed by atoms with Crippen LogP contribution < -0.4 is 11.5 Å². The summed E-state index contributed by atoms with van der Waals surface area (Å²) in [6, 6.07) is 7.87. The molecule has 1 amide bonds. The number of rotatable bonds is 8. The predicted octanol–water partition coefficient (Wildman–Crippen LogP) is 3.99. The zero-order chi connectivity index (χ0) is 25.4. The maximum atomic E-state index is 13.2. The summed E-state index contributed by atoms with van der Waals surface area (Å²) in [5.74, 6) is -1.11.